The van der Waals surface area contributed by atoms with Crippen LogP contribution in [0.3, 0.4) is 0 Å². The molecule has 8 heteroatoms. The highest BCUT2D eigenvalue weighted by Gasteiger charge is 2.35. The molecule has 144 valence electrons. The molecule has 1 fully saturated rings. The van der Waals surface area contributed by atoms with Crippen LogP contribution in [0.15, 0.2) is 12.3 Å². The van der Waals surface area contributed by atoms with Crippen molar-refractivity contribution in [2.75, 3.05) is 6.61 Å². The Bertz CT molecular complexity index is 691. The predicted molar refractivity (Wildman–Crippen MR) is 87.3 cm³/mol. The molecule has 0 amide bonds. The van der Waals surface area contributed by atoms with E-state index < -0.39 is 35.9 Å². The second kappa shape index (κ2) is 7.25. The minimum absolute atomic E-state index is 0.00851. The van der Waals surface area contributed by atoms with Gasteiger partial charge in [-0.2, -0.15) is 13.2 Å². The number of carboxylic acids is 1. The third kappa shape index (κ3) is 5.44. The van der Waals surface area contributed by atoms with Crippen LogP contribution >= 0.6 is 0 Å². The van der Waals surface area contributed by atoms with E-state index in [0.717, 1.165) is 12.8 Å². The number of halogens is 3. The summed E-state index contributed by atoms with van der Waals surface area (Å²) in [5.41, 5.74) is -0.177. The first kappa shape index (κ1) is 20.2. The number of carbonyl (C=O) groups is 2. The zero-order valence-electron chi connectivity index (χ0n) is 14.9. The number of aromatic nitrogens is 1. The number of hydrogen-bond acceptors (Lipinski definition) is 4. The largest absolute Gasteiger partial charge is 0.484 e. The van der Waals surface area contributed by atoms with Crippen LogP contribution in [0.5, 0.6) is 5.75 Å². The Balaban J connectivity index is 2.23. The van der Waals surface area contributed by atoms with Crippen LogP contribution in [0.1, 0.15) is 62.0 Å². The molecule has 1 N–H and O–H groups in total. The van der Waals surface area contributed by atoms with Crippen molar-refractivity contribution < 1.29 is 32.6 Å². The lowest BCUT2D eigenvalue weighted by Crippen LogP contribution is -2.30. The second-order valence-electron chi connectivity index (χ2n) is 7.67. The zero-order valence-corrected chi connectivity index (χ0v) is 14.9. The fourth-order valence-corrected chi connectivity index (χ4v) is 2.64. The highest BCUT2D eigenvalue weighted by atomic mass is 19.4. The molecule has 5 nitrogen and oxygen atoms in total. The minimum atomic E-state index is -4.49. The molecule has 0 radical (unpaired) electrons. The molecule has 1 saturated carbocycles. The van der Waals surface area contributed by atoms with Crippen molar-refractivity contribution in [3.8, 4) is 5.75 Å². The number of nitrogens with zero attached hydrogens (tertiary/aromatic N) is 1. The predicted octanol–water partition coefficient (Wildman–Crippen LogP) is 4.22. The van der Waals surface area contributed by atoms with Gasteiger partial charge in [-0.1, -0.05) is 20.8 Å². The third-order valence-corrected chi connectivity index (χ3v) is 4.32. The first-order valence-corrected chi connectivity index (χ1v) is 8.34. The van der Waals surface area contributed by atoms with E-state index in [9.17, 15) is 27.9 Å². The van der Waals surface area contributed by atoms with E-state index in [0.29, 0.717) is 5.56 Å². The van der Waals surface area contributed by atoms with Crippen molar-refractivity contribution in [1.82, 2.24) is 4.98 Å². The molecule has 0 saturated heterocycles. The van der Waals surface area contributed by atoms with Crippen LogP contribution < -0.4 is 4.74 Å². The highest BCUT2D eigenvalue weighted by Crippen LogP contribution is 2.44. The van der Waals surface area contributed by atoms with Crippen LogP contribution in [-0.2, 0) is 4.79 Å². The van der Waals surface area contributed by atoms with Gasteiger partial charge < -0.3 is 9.84 Å². The molecule has 0 aromatic carbocycles. The maximum absolute atomic E-state index is 12.5. The summed E-state index contributed by atoms with van der Waals surface area (Å²) in [4.78, 5) is 27.9. The summed E-state index contributed by atoms with van der Waals surface area (Å²) in [5, 5.41) is 9.34. The summed E-state index contributed by atoms with van der Waals surface area (Å²) >= 11 is 0. The minimum Gasteiger partial charge on any atom is -0.484 e. The van der Waals surface area contributed by atoms with Crippen molar-refractivity contribution in [2.24, 2.45) is 11.3 Å². The number of pyridine rings is 1. The van der Waals surface area contributed by atoms with Gasteiger partial charge in [0, 0.05) is 24.2 Å². The Hall–Kier alpha value is -2.12. The van der Waals surface area contributed by atoms with Gasteiger partial charge in [-0.3, -0.25) is 14.6 Å². The van der Waals surface area contributed by atoms with Gasteiger partial charge in [0.2, 0.25) is 0 Å². The lowest BCUT2D eigenvalue weighted by molar-refractivity contribution is -0.153. The highest BCUT2D eigenvalue weighted by molar-refractivity contribution is 5.96. The zero-order chi connectivity index (χ0) is 19.7. The van der Waals surface area contributed by atoms with Crippen molar-refractivity contribution in [3.63, 3.8) is 0 Å². The van der Waals surface area contributed by atoms with Gasteiger partial charge >= 0.3 is 12.1 Å². The SMILES string of the molecule is CC(C)(C)C(CC(=O)c1cc(OCC(F)(F)F)c(C2CC2)cn1)C(=O)O. The number of Topliss-reactive ketones (excluding diaryl/α,β-unsaturated/α-hetero) is 1. The fraction of sp³-hybridized carbons (Fsp3) is 0.611. The Kier molecular flexibility index (Phi) is 5.63. The average Bonchev–Trinajstić information content (AvgIpc) is 3.32. The first-order chi connectivity index (χ1) is 11.9. The fourth-order valence-electron chi connectivity index (χ4n) is 2.64. The Labute approximate surface area is 149 Å². The molecule has 1 unspecified atom stereocenters. The molecule has 2 rings (SSSR count). The summed E-state index contributed by atoms with van der Waals surface area (Å²) in [7, 11) is 0. The number of alkyl halides is 3. The number of carbonyl (C=O) groups excluding carboxylic acids is 1. The van der Waals surface area contributed by atoms with Crippen LogP contribution in [-0.4, -0.2) is 34.6 Å². The topological polar surface area (TPSA) is 76.5 Å². The molecular weight excluding hydrogens is 351 g/mol. The molecule has 0 bridgehead atoms. The van der Waals surface area contributed by atoms with E-state index in [4.69, 9.17) is 4.74 Å². The van der Waals surface area contributed by atoms with E-state index in [-0.39, 0.29) is 23.8 Å². The first-order valence-electron chi connectivity index (χ1n) is 8.34. The van der Waals surface area contributed by atoms with Gasteiger partial charge in [0.05, 0.1) is 5.92 Å². The average molecular weight is 373 g/mol. The van der Waals surface area contributed by atoms with Crippen LogP contribution in [0, 0.1) is 11.3 Å². The second-order valence-corrected chi connectivity index (χ2v) is 7.67. The molecule has 0 spiro atoms. The molecule has 1 atom stereocenters. The Morgan fingerprint density at radius 1 is 1.31 bits per heavy atom. The Morgan fingerprint density at radius 3 is 2.38 bits per heavy atom. The van der Waals surface area contributed by atoms with Crippen LogP contribution in [0.2, 0.25) is 0 Å². The molecule has 1 aromatic heterocycles. The summed E-state index contributed by atoms with van der Waals surface area (Å²) in [5.74, 6) is -2.48. The van der Waals surface area contributed by atoms with Crippen molar-refractivity contribution >= 4 is 11.8 Å². The number of ether oxygens (including phenoxy) is 1. The molecule has 26 heavy (non-hydrogen) atoms. The van der Waals surface area contributed by atoms with Gasteiger partial charge in [-0.05, 0) is 24.2 Å². The number of rotatable bonds is 7. The van der Waals surface area contributed by atoms with Crippen LogP contribution in [0.25, 0.3) is 0 Å². The van der Waals surface area contributed by atoms with Crippen molar-refractivity contribution in [2.45, 2.75) is 52.1 Å². The number of hydrogen-bond donors (Lipinski definition) is 1. The van der Waals surface area contributed by atoms with Crippen LogP contribution in [0.4, 0.5) is 13.2 Å². The lowest BCUT2D eigenvalue weighted by Gasteiger charge is -2.26. The molecule has 1 aliphatic carbocycles. The smallest absolute Gasteiger partial charge is 0.422 e. The molecule has 1 aromatic rings. The van der Waals surface area contributed by atoms with Gasteiger partial charge in [-0.25, -0.2) is 0 Å². The number of ketones is 1. The maximum Gasteiger partial charge on any atom is 0.422 e. The molecular formula is C18H22F3NO4. The van der Waals surface area contributed by atoms with E-state index in [1.807, 2.05) is 0 Å². The summed E-state index contributed by atoms with van der Waals surface area (Å²) < 4.78 is 42.3. The standard InChI is InChI=1S/C18H22F3NO4/c1-17(2,3)12(16(24)25)6-14(23)13-7-15(26-9-18(19,20)21)11(8-22-13)10-4-5-10/h7-8,10,12H,4-6,9H2,1-3H3,(H,24,25). The van der Waals surface area contributed by atoms with Crippen molar-refractivity contribution in [3.05, 3.63) is 23.5 Å². The number of carboxylic acid groups (broad SMARTS) is 1. The molecule has 1 aliphatic rings. The van der Waals surface area contributed by atoms with Gasteiger partial charge in [-0.15, -0.1) is 0 Å². The van der Waals surface area contributed by atoms with E-state index in [1.54, 1.807) is 20.8 Å². The maximum atomic E-state index is 12.5. The van der Waals surface area contributed by atoms with E-state index >= 15 is 0 Å². The van der Waals surface area contributed by atoms with Crippen molar-refractivity contribution in [1.29, 1.82) is 0 Å². The van der Waals surface area contributed by atoms with Gasteiger partial charge in [0.25, 0.3) is 0 Å². The van der Waals surface area contributed by atoms with Gasteiger partial charge in [0.1, 0.15) is 11.4 Å². The number of aliphatic carboxylic acids is 1. The summed E-state index contributed by atoms with van der Waals surface area (Å²) in [6.07, 6.45) is -1.74. The van der Waals surface area contributed by atoms with Gasteiger partial charge in [0.15, 0.2) is 12.4 Å². The Morgan fingerprint density at radius 2 is 1.92 bits per heavy atom. The molecule has 0 aliphatic heterocycles. The van der Waals surface area contributed by atoms with E-state index in [1.165, 1.54) is 12.3 Å². The summed E-state index contributed by atoms with van der Waals surface area (Å²) in [6, 6.07) is 1.20. The lowest BCUT2D eigenvalue weighted by atomic mass is 9.77. The monoisotopic (exact) mass is 373 g/mol. The van der Waals surface area contributed by atoms with E-state index in [2.05, 4.69) is 4.98 Å². The summed E-state index contributed by atoms with van der Waals surface area (Å²) in [6.45, 7) is 3.67. The quantitative estimate of drug-likeness (QED) is 0.724. The normalized spacial score (nSPS) is 16.2. The molecule has 1 heterocycles. The third-order valence-electron chi connectivity index (χ3n) is 4.32.